The van der Waals surface area contributed by atoms with E-state index < -0.39 is 42.4 Å². The zero-order valence-electron chi connectivity index (χ0n) is 18.2. The minimum absolute atomic E-state index is 0.132. The Bertz CT molecular complexity index is 1360. The first-order valence-electron chi connectivity index (χ1n) is 10.8. The molecule has 5 rings (SSSR count). The number of anilines is 1. The van der Waals surface area contributed by atoms with Gasteiger partial charge < -0.3 is 25.4 Å². The summed E-state index contributed by atoms with van der Waals surface area (Å²) in [4.78, 5) is 38.4. The summed E-state index contributed by atoms with van der Waals surface area (Å²) in [5.74, 6) is -1.23. The first-order chi connectivity index (χ1) is 17.0. The van der Waals surface area contributed by atoms with Gasteiger partial charge in [-0.25, -0.2) is 19.7 Å². The van der Waals surface area contributed by atoms with Crippen molar-refractivity contribution in [1.29, 1.82) is 0 Å². The number of esters is 1. The number of ether oxygens (including phenoxy) is 2. The fourth-order valence-electron chi connectivity index (χ4n) is 4.02. The van der Waals surface area contributed by atoms with Gasteiger partial charge in [0.1, 0.15) is 30.2 Å². The van der Waals surface area contributed by atoms with Crippen LogP contribution in [0.3, 0.4) is 0 Å². The molecular weight excluding hydrogens is 454 g/mol. The normalized spacial score (nSPS) is 22.7. The largest absolute Gasteiger partial charge is 0.447 e. The average molecular weight is 475 g/mol. The standard InChI is InChI=1S/C24H21N5O6/c25-21-15-22(27-11-26-21)29(12-28-15)23-18(32)17(31)20(34-23)19(16(30)13-7-3-1-4-8-13)35-24(33)14-9-5-2-6-10-14/h1-12,17-20,23,31-32H,(H2,25,26,27)/t17-,18+,19?,20-,23+/m0/s1. The van der Waals surface area contributed by atoms with E-state index in [1.165, 1.54) is 29.4 Å². The van der Waals surface area contributed by atoms with Gasteiger partial charge in [0.25, 0.3) is 0 Å². The molecule has 1 fully saturated rings. The minimum Gasteiger partial charge on any atom is -0.447 e. The van der Waals surface area contributed by atoms with Crippen LogP contribution in [0, 0.1) is 0 Å². The van der Waals surface area contributed by atoms with E-state index in [9.17, 15) is 19.8 Å². The molecule has 4 aromatic rings. The average Bonchev–Trinajstić information content (AvgIpc) is 3.45. The lowest BCUT2D eigenvalue weighted by Gasteiger charge is -2.25. The Morgan fingerprint density at radius 3 is 2.29 bits per heavy atom. The van der Waals surface area contributed by atoms with Crippen molar-refractivity contribution < 1.29 is 29.3 Å². The summed E-state index contributed by atoms with van der Waals surface area (Å²) in [7, 11) is 0. The van der Waals surface area contributed by atoms with E-state index in [4.69, 9.17) is 15.2 Å². The van der Waals surface area contributed by atoms with Crippen molar-refractivity contribution in [3.05, 3.63) is 84.4 Å². The van der Waals surface area contributed by atoms with E-state index in [2.05, 4.69) is 15.0 Å². The molecule has 2 aromatic carbocycles. The topological polar surface area (TPSA) is 163 Å². The SMILES string of the molecule is Nc1ncnc2c1ncn2[C@@H]1O[C@H](C(OC(=O)c2ccccc2)C(=O)c2ccccc2)[C@@H](O)[C@H]1O. The van der Waals surface area contributed by atoms with Gasteiger partial charge in [-0.2, -0.15) is 0 Å². The number of ketones is 1. The van der Waals surface area contributed by atoms with Gasteiger partial charge in [0, 0.05) is 5.56 Å². The van der Waals surface area contributed by atoms with Crippen molar-refractivity contribution in [1.82, 2.24) is 19.5 Å². The summed E-state index contributed by atoms with van der Waals surface area (Å²) >= 11 is 0. The van der Waals surface area contributed by atoms with Crippen molar-refractivity contribution in [3.63, 3.8) is 0 Å². The van der Waals surface area contributed by atoms with E-state index >= 15 is 0 Å². The Morgan fingerprint density at radius 1 is 0.943 bits per heavy atom. The molecule has 11 heteroatoms. The quantitative estimate of drug-likeness (QED) is 0.272. The first kappa shape index (κ1) is 22.6. The molecule has 3 heterocycles. The number of hydrogen-bond donors (Lipinski definition) is 3. The lowest BCUT2D eigenvalue weighted by atomic mass is 9.97. The van der Waals surface area contributed by atoms with Crippen molar-refractivity contribution in [2.75, 3.05) is 5.73 Å². The predicted molar refractivity (Wildman–Crippen MR) is 122 cm³/mol. The highest BCUT2D eigenvalue weighted by Gasteiger charge is 2.51. The van der Waals surface area contributed by atoms with E-state index in [0.717, 1.165) is 0 Å². The van der Waals surface area contributed by atoms with Crippen LogP contribution in [0.15, 0.2) is 73.3 Å². The molecule has 0 saturated carbocycles. The van der Waals surface area contributed by atoms with Gasteiger partial charge in [0.15, 0.2) is 23.8 Å². The van der Waals surface area contributed by atoms with Gasteiger partial charge in [0.2, 0.25) is 5.78 Å². The second kappa shape index (κ2) is 9.22. The van der Waals surface area contributed by atoms with E-state index in [1.807, 2.05) is 0 Å². The molecule has 0 bridgehead atoms. The van der Waals surface area contributed by atoms with Crippen LogP contribution in [0.1, 0.15) is 26.9 Å². The number of benzene rings is 2. The molecule has 11 nitrogen and oxygen atoms in total. The molecule has 35 heavy (non-hydrogen) atoms. The van der Waals surface area contributed by atoms with Gasteiger partial charge >= 0.3 is 5.97 Å². The fraction of sp³-hybridized carbons (Fsp3) is 0.208. The van der Waals surface area contributed by atoms with Gasteiger partial charge in [0.05, 0.1) is 11.9 Å². The molecule has 2 aromatic heterocycles. The number of imidazole rings is 1. The fourth-order valence-corrected chi connectivity index (χ4v) is 4.02. The summed E-state index contributed by atoms with van der Waals surface area (Å²) in [6.45, 7) is 0. The summed E-state index contributed by atoms with van der Waals surface area (Å²) < 4.78 is 12.9. The highest BCUT2D eigenvalue weighted by atomic mass is 16.6. The maximum absolute atomic E-state index is 13.4. The minimum atomic E-state index is -1.57. The molecule has 0 amide bonds. The number of fused-ring (bicyclic) bond motifs is 1. The van der Waals surface area contributed by atoms with Crippen molar-refractivity contribution in [2.24, 2.45) is 0 Å². The Labute approximate surface area is 198 Å². The lowest BCUT2D eigenvalue weighted by Crippen LogP contribution is -2.45. The molecule has 1 aliphatic rings. The highest BCUT2D eigenvalue weighted by Crippen LogP contribution is 2.35. The number of nitrogens with two attached hydrogens (primary N) is 1. The predicted octanol–water partition coefficient (Wildman–Crippen LogP) is 1.14. The van der Waals surface area contributed by atoms with Crippen molar-refractivity contribution >= 4 is 28.7 Å². The van der Waals surface area contributed by atoms with Crippen LogP contribution in [0.2, 0.25) is 0 Å². The zero-order valence-corrected chi connectivity index (χ0v) is 18.2. The number of aromatic nitrogens is 4. The van der Waals surface area contributed by atoms with Crippen LogP contribution in [-0.4, -0.2) is 65.9 Å². The van der Waals surface area contributed by atoms with E-state index in [0.29, 0.717) is 0 Å². The van der Waals surface area contributed by atoms with Crippen LogP contribution < -0.4 is 5.73 Å². The van der Waals surface area contributed by atoms with E-state index in [1.54, 1.807) is 48.5 Å². The smallest absolute Gasteiger partial charge is 0.338 e. The third-order valence-corrected chi connectivity index (χ3v) is 5.80. The van der Waals surface area contributed by atoms with Crippen LogP contribution >= 0.6 is 0 Å². The number of nitrogens with zero attached hydrogens (tertiary/aromatic N) is 4. The van der Waals surface area contributed by atoms with Crippen molar-refractivity contribution in [2.45, 2.75) is 30.6 Å². The third-order valence-electron chi connectivity index (χ3n) is 5.80. The van der Waals surface area contributed by atoms with Crippen LogP contribution in [-0.2, 0) is 9.47 Å². The van der Waals surface area contributed by atoms with Crippen LogP contribution in [0.5, 0.6) is 0 Å². The van der Waals surface area contributed by atoms with Gasteiger partial charge in [-0.1, -0.05) is 48.5 Å². The number of rotatable bonds is 6. The van der Waals surface area contributed by atoms with Crippen LogP contribution in [0.4, 0.5) is 5.82 Å². The maximum Gasteiger partial charge on any atom is 0.338 e. The first-order valence-corrected chi connectivity index (χ1v) is 10.8. The Kier molecular flexibility index (Phi) is 5.95. The molecule has 5 atom stereocenters. The number of carbonyl (C=O) groups excluding carboxylic acids is 2. The second-order valence-electron chi connectivity index (χ2n) is 7.98. The molecule has 0 radical (unpaired) electrons. The number of aliphatic hydroxyl groups is 2. The van der Waals surface area contributed by atoms with Crippen molar-refractivity contribution in [3.8, 4) is 0 Å². The Hall–Kier alpha value is -4.19. The Morgan fingerprint density at radius 2 is 1.60 bits per heavy atom. The highest BCUT2D eigenvalue weighted by molar-refractivity contribution is 6.02. The number of Topliss-reactive ketones (excluding diaryl/α,β-unsaturated/α-hetero) is 1. The number of hydrogen-bond acceptors (Lipinski definition) is 10. The second-order valence-corrected chi connectivity index (χ2v) is 7.98. The maximum atomic E-state index is 13.4. The Balaban J connectivity index is 1.49. The molecular formula is C24H21N5O6. The van der Waals surface area contributed by atoms with Crippen LogP contribution in [0.25, 0.3) is 11.2 Å². The third kappa shape index (κ3) is 4.12. The number of aliphatic hydroxyl groups excluding tert-OH is 2. The summed E-state index contributed by atoms with van der Waals surface area (Å²) in [5, 5.41) is 21.7. The molecule has 1 saturated heterocycles. The summed E-state index contributed by atoms with van der Waals surface area (Å²) in [6, 6.07) is 16.3. The molecule has 1 aliphatic heterocycles. The summed E-state index contributed by atoms with van der Waals surface area (Å²) in [6.07, 6.45) is -4.61. The molecule has 178 valence electrons. The van der Waals surface area contributed by atoms with E-state index in [-0.39, 0.29) is 28.1 Å². The zero-order chi connectivity index (χ0) is 24.5. The van der Waals surface area contributed by atoms with Gasteiger partial charge in [-0.15, -0.1) is 0 Å². The molecule has 1 unspecified atom stereocenters. The summed E-state index contributed by atoms with van der Waals surface area (Å²) in [5.41, 5.74) is 6.86. The van der Waals surface area contributed by atoms with Gasteiger partial charge in [-0.3, -0.25) is 9.36 Å². The lowest BCUT2D eigenvalue weighted by molar-refractivity contribution is -0.0790. The number of carbonyl (C=O) groups is 2. The molecule has 0 aliphatic carbocycles. The monoisotopic (exact) mass is 475 g/mol. The van der Waals surface area contributed by atoms with Gasteiger partial charge in [-0.05, 0) is 12.1 Å². The molecule has 0 spiro atoms. The molecule has 4 N–H and O–H groups in total. The number of nitrogen functional groups attached to an aromatic ring is 1.